The van der Waals surface area contributed by atoms with Gasteiger partial charge < -0.3 is 5.32 Å². The van der Waals surface area contributed by atoms with E-state index in [1.54, 1.807) is 4.68 Å². The summed E-state index contributed by atoms with van der Waals surface area (Å²) in [5.41, 5.74) is 0.933. The minimum absolute atomic E-state index is 0.0389. The van der Waals surface area contributed by atoms with E-state index in [4.69, 9.17) is 0 Å². The topological polar surface area (TPSA) is 46.9 Å². The van der Waals surface area contributed by atoms with Gasteiger partial charge in [-0.2, -0.15) is 16.9 Å². The van der Waals surface area contributed by atoms with Crippen molar-refractivity contribution >= 4 is 28.6 Å². The molecule has 1 N–H and O–H groups in total. The van der Waals surface area contributed by atoms with E-state index in [9.17, 15) is 4.79 Å². The molecule has 118 valence electrons. The molecule has 3 rings (SSSR count). The van der Waals surface area contributed by atoms with Crippen LogP contribution in [0.15, 0.2) is 30.5 Å². The highest BCUT2D eigenvalue weighted by Crippen LogP contribution is 2.27. The van der Waals surface area contributed by atoms with Crippen LogP contribution in [0.5, 0.6) is 0 Å². The molecule has 1 aromatic carbocycles. The lowest BCUT2D eigenvalue weighted by molar-refractivity contribution is -0.121. The number of nitrogens with zero attached hydrogens (tertiary/aromatic N) is 2. The van der Waals surface area contributed by atoms with Gasteiger partial charge in [0, 0.05) is 29.1 Å². The van der Waals surface area contributed by atoms with E-state index in [-0.39, 0.29) is 5.91 Å². The van der Waals surface area contributed by atoms with Crippen LogP contribution >= 0.6 is 11.8 Å². The minimum Gasteiger partial charge on any atom is -0.354 e. The van der Waals surface area contributed by atoms with E-state index >= 15 is 0 Å². The number of carbonyl (C=O) groups is 1. The van der Waals surface area contributed by atoms with Gasteiger partial charge in [0.1, 0.15) is 6.54 Å². The van der Waals surface area contributed by atoms with E-state index < -0.39 is 0 Å². The van der Waals surface area contributed by atoms with Crippen molar-refractivity contribution < 1.29 is 4.79 Å². The monoisotopic (exact) mass is 317 g/mol. The van der Waals surface area contributed by atoms with Gasteiger partial charge in [-0.1, -0.05) is 37.5 Å². The van der Waals surface area contributed by atoms with Crippen molar-refractivity contribution in [3.63, 3.8) is 0 Å². The Morgan fingerprint density at radius 1 is 1.27 bits per heavy atom. The van der Waals surface area contributed by atoms with Crippen molar-refractivity contribution in [3.05, 3.63) is 30.5 Å². The number of hydrogen-bond donors (Lipinski definition) is 1. The standard InChI is InChI=1S/C17H23N3OS/c21-17(18-10-11-22-15-7-2-1-3-8-15)13-20-12-14-6-4-5-9-16(14)19-20/h4-6,9,12,15H,1-3,7-8,10-11,13H2,(H,18,21). The first-order valence-corrected chi connectivity index (χ1v) is 9.16. The predicted molar refractivity (Wildman–Crippen MR) is 92.1 cm³/mol. The maximum atomic E-state index is 12.0. The number of nitrogens with one attached hydrogen (secondary N) is 1. The van der Waals surface area contributed by atoms with Crippen molar-refractivity contribution in [1.29, 1.82) is 0 Å². The third-order valence-electron chi connectivity index (χ3n) is 4.10. The highest BCUT2D eigenvalue weighted by atomic mass is 32.2. The van der Waals surface area contributed by atoms with Crippen molar-refractivity contribution in [1.82, 2.24) is 15.1 Å². The van der Waals surface area contributed by atoms with E-state index in [0.717, 1.165) is 28.5 Å². The Balaban J connectivity index is 1.38. The summed E-state index contributed by atoms with van der Waals surface area (Å²) in [6.45, 7) is 1.05. The molecule has 1 saturated carbocycles. The number of amides is 1. The van der Waals surface area contributed by atoms with Crippen LogP contribution in [-0.4, -0.2) is 33.2 Å². The maximum absolute atomic E-state index is 12.0. The summed E-state index contributed by atoms with van der Waals surface area (Å²) in [4.78, 5) is 12.0. The summed E-state index contributed by atoms with van der Waals surface area (Å²) in [5, 5.41) is 9.28. The molecule has 1 aromatic heterocycles. The first kappa shape index (κ1) is 15.4. The summed E-state index contributed by atoms with van der Waals surface area (Å²) in [6.07, 6.45) is 8.75. The lowest BCUT2D eigenvalue weighted by Crippen LogP contribution is -2.30. The number of aromatic nitrogens is 2. The molecule has 0 aliphatic heterocycles. The quantitative estimate of drug-likeness (QED) is 0.832. The molecule has 1 aliphatic carbocycles. The Kier molecular flexibility index (Phi) is 5.38. The van der Waals surface area contributed by atoms with Crippen LogP contribution in [-0.2, 0) is 11.3 Å². The van der Waals surface area contributed by atoms with Crippen LogP contribution in [0.2, 0.25) is 0 Å². The molecule has 1 fully saturated rings. The average molecular weight is 317 g/mol. The van der Waals surface area contributed by atoms with Crippen molar-refractivity contribution in [2.24, 2.45) is 0 Å². The Morgan fingerprint density at radius 3 is 2.91 bits per heavy atom. The zero-order valence-corrected chi connectivity index (χ0v) is 13.6. The normalized spacial score (nSPS) is 16.0. The Labute approximate surface area is 135 Å². The number of rotatable bonds is 6. The van der Waals surface area contributed by atoms with Crippen LogP contribution in [0, 0.1) is 0 Å². The number of hydrogen-bond acceptors (Lipinski definition) is 3. The molecule has 0 saturated heterocycles. The van der Waals surface area contributed by atoms with Gasteiger partial charge in [-0.3, -0.25) is 9.48 Å². The number of carbonyl (C=O) groups excluding carboxylic acids is 1. The van der Waals surface area contributed by atoms with E-state index in [1.807, 2.05) is 42.2 Å². The first-order chi connectivity index (χ1) is 10.8. The minimum atomic E-state index is 0.0389. The largest absolute Gasteiger partial charge is 0.354 e. The van der Waals surface area contributed by atoms with Crippen LogP contribution in [0.4, 0.5) is 0 Å². The Hall–Kier alpha value is -1.49. The van der Waals surface area contributed by atoms with Gasteiger partial charge in [0.15, 0.2) is 0 Å². The molecule has 0 radical (unpaired) electrons. The molecule has 1 heterocycles. The summed E-state index contributed by atoms with van der Waals surface area (Å²) >= 11 is 2.01. The summed E-state index contributed by atoms with van der Waals surface area (Å²) in [5.74, 6) is 1.05. The molecule has 0 atom stereocenters. The molecule has 1 aliphatic rings. The van der Waals surface area contributed by atoms with E-state index in [0.29, 0.717) is 6.54 Å². The highest BCUT2D eigenvalue weighted by Gasteiger charge is 2.13. The third-order valence-corrected chi connectivity index (χ3v) is 5.48. The van der Waals surface area contributed by atoms with Gasteiger partial charge in [0.05, 0.1) is 5.52 Å². The van der Waals surface area contributed by atoms with Gasteiger partial charge in [0.25, 0.3) is 0 Å². The van der Waals surface area contributed by atoms with Crippen molar-refractivity contribution in [2.75, 3.05) is 12.3 Å². The predicted octanol–water partition coefficient (Wildman–Crippen LogP) is 3.22. The maximum Gasteiger partial charge on any atom is 0.241 e. The fourth-order valence-electron chi connectivity index (χ4n) is 2.95. The molecule has 5 heteroatoms. The zero-order chi connectivity index (χ0) is 15.2. The molecule has 2 aromatic rings. The molecular formula is C17H23N3OS. The van der Waals surface area contributed by atoms with Crippen LogP contribution in [0.3, 0.4) is 0 Å². The summed E-state index contributed by atoms with van der Waals surface area (Å²) < 4.78 is 1.72. The fourth-order valence-corrected chi connectivity index (χ4v) is 4.17. The van der Waals surface area contributed by atoms with Crippen LogP contribution < -0.4 is 5.32 Å². The smallest absolute Gasteiger partial charge is 0.241 e. The summed E-state index contributed by atoms with van der Waals surface area (Å²) in [7, 11) is 0. The van der Waals surface area contributed by atoms with E-state index in [1.165, 1.54) is 32.1 Å². The van der Waals surface area contributed by atoms with Gasteiger partial charge in [-0.15, -0.1) is 0 Å². The highest BCUT2D eigenvalue weighted by molar-refractivity contribution is 7.99. The van der Waals surface area contributed by atoms with Crippen molar-refractivity contribution in [3.8, 4) is 0 Å². The second kappa shape index (κ2) is 7.68. The molecular weight excluding hydrogens is 294 g/mol. The third kappa shape index (κ3) is 4.26. The molecule has 0 spiro atoms. The number of benzene rings is 1. The van der Waals surface area contributed by atoms with Crippen LogP contribution in [0.1, 0.15) is 32.1 Å². The van der Waals surface area contributed by atoms with Gasteiger partial charge >= 0.3 is 0 Å². The molecule has 0 bridgehead atoms. The van der Waals surface area contributed by atoms with Gasteiger partial charge in [-0.05, 0) is 18.9 Å². The molecule has 0 unspecified atom stereocenters. The molecule has 4 nitrogen and oxygen atoms in total. The Morgan fingerprint density at radius 2 is 2.09 bits per heavy atom. The van der Waals surface area contributed by atoms with E-state index in [2.05, 4.69) is 10.4 Å². The Bertz CT molecular complexity index is 586. The second-order valence-electron chi connectivity index (χ2n) is 5.87. The lowest BCUT2D eigenvalue weighted by Gasteiger charge is -2.20. The average Bonchev–Trinajstić information content (AvgIpc) is 2.94. The van der Waals surface area contributed by atoms with Crippen molar-refractivity contribution in [2.45, 2.75) is 43.9 Å². The SMILES string of the molecule is O=C(Cn1cc2ccccc2n1)NCCSC1CCCCC1. The lowest BCUT2D eigenvalue weighted by atomic mass is 10.0. The number of fused-ring (bicyclic) bond motifs is 1. The second-order valence-corrected chi connectivity index (χ2v) is 7.27. The first-order valence-electron chi connectivity index (χ1n) is 8.12. The van der Waals surface area contributed by atoms with Crippen LogP contribution in [0.25, 0.3) is 10.9 Å². The molecule has 1 amide bonds. The number of thioether (sulfide) groups is 1. The van der Waals surface area contributed by atoms with Gasteiger partial charge in [0.2, 0.25) is 5.91 Å². The van der Waals surface area contributed by atoms with Gasteiger partial charge in [-0.25, -0.2) is 0 Å². The fraction of sp³-hybridized carbons (Fsp3) is 0.529. The summed E-state index contributed by atoms with van der Waals surface area (Å²) in [6, 6.07) is 7.92. The molecule has 22 heavy (non-hydrogen) atoms. The zero-order valence-electron chi connectivity index (χ0n) is 12.8.